The highest BCUT2D eigenvalue weighted by molar-refractivity contribution is 5.72. The Bertz CT molecular complexity index is 1230. The van der Waals surface area contributed by atoms with Gasteiger partial charge in [-0.2, -0.15) is 0 Å². The minimum absolute atomic E-state index is 0.387. The van der Waals surface area contributed by atoms with Crippen LogP contribution in [0.3, 0.4) is 0 Å². The summed E-state index contributed by atoms with van der Waals surface area (Å²) in [6, 6.07) is 19.1. The first-order chi connectivity index (χ1) is 15.1. The van der Waals surface area contributed by atoms with Crippen molar-refractivity contribution in [2.75, 3.05) is 7.05 Å². The van der Waals surface area contributed by atoms with Crippen LogP contribution in [0.15, 0.2) is 68.2 Å². The van der Waals surface area contributed by atoms with E-state index in [1.54, 1.807) is 0 Å². The van der Waals surface area contributed by atoms with Crippen molar-refractivity contribution in [3.05, 3.63) is 82.0 Å². The van der Waals surface area contributed by atoms with Gasteiger partial charge in [-0.1, -0.05) is 36.4 Å². The fourth-order valence-electron chi connectivity index (χ4n) is 4.89. The highest BCUT2D eigenvalue weighted by Gasteiger charge is 2.26. The van der Waals surface area contributed by atoms with E-state index in [9.17, 15) is 4.79 Å². The zero-order valence-corrected chi connectivity index (χ0v) is 18.1. The monoisotopic (exact) mass is 416 g/mol. The maximum atomic E-state index is 11.4. The van der Waals surface area contributed by atoms with E-state index in [0.717, 1.165) is 42.0 Å². The van der Waals surface area contributed by atoms with Crippen LogP contribution in [0.25, 0.3) is 22.4 Å². The fourth-order valence-corrected chi connectivity index (χ4v) is 4.89. The van der Waals surface area contributed by atoms with Crippen molar-refractivity contribution in [2.45, 2.75) is 51.1 Å². The minimum Gasteiger partial charge on any atom is -0.461 e. The number of rotatable bonds is 5. The van der Waals surface area contributed by atoms with Crippen LogP contribution < -0.4 is 5.76 Å². The average Bonchev–Trinajstić information content (AvgIpc) is 3.35. The molecule has 1 aliphatic rings. The zero-order chi connectivity index (χ0) is 21.4. The Morgan fingerprint density at radius 1 is 1.00 bits per heavy atom. The van der Waals surface area contributed by atoms with Crippen LogP contribution in [0.2, 0.25) is 0 Å². The lowest BCUT2D eigenvalue weighted by molar-refractivity contribution is 0.175. The van der Waals surface area contributed by atoms with Gasteiger partial charge in [-0.05, 0) is 69.3 Å². The summed E-state index contributed by atoms with van der Waals surface area (Å²) < 4.78 is 11.3. The van der Waals surface area contributed by atoms with Crippen molar-refractivity contribution >= 4 is 11.1 Å². The van der Waals surface area contributed by atoms with Gasteiger partial charge >= 0.3 is 5.76 Å². The number of oxazole rings is 1. The summed E-state index contributed by atoms with van der Waals surface area (Å²) >= 11 is 0. The van der Waals surface area contributed by atoms with Crippen molar-refractivity contribution in [1.82, 2.24) is 9.88 Å². The topological polar surface area (TPSA) is 62.4 Å². The summed E-state index contributed by atoms with van der Waals surface area (Å²) in [7, 11) is 2.22. The standard InChI is InChI=1S/C26H28N2O3/c1-17-21(15-24(30-17)19-6-4-3-5-7-19)16-28(2)22-11-8-18(9-12-22)20-10-13-23-25(14-20)31-26(29)27-23/h3-7,10,13-15,18,22H,8-9,11-12,16H2,1-2H3,(H,27,29)/t18-,22-. The van der Waals surface area contributed by atoms with E-state index in [1.165, 1.54) is 24.0 Å². The Hall–Kier alpha value is -3.05. The predicted octanol–water partition coefficient (Wildman–Crippen LogP) is 5.85. The average molecular weight is 417 g/mol. The molecule has 2 aromatic carbocycles. The molecule has 0 atom stereocenters. The van der Waals surface area contributed by atoms with Crippen LogP contribution in [0.4, 0.5) is 0 Å². The van der Waals surface area contributed by atoms with Gasteiger partial charge in [0.1, 0.15) is 11.5 Å². The van der Waals surface area contributed by atoms with E-state index >= 15 is 0 Å². The molecule has 0 saturated heterocycles. The molecule has 5 nitrogen and oxygen atoms in total. The van der Waals surface area contributed by atoms with Crippen LogP contribution in [-0.2, 0) is 6.54 Å². The van der Waals surface area contributed by atoms with Crippen molar-refractivity contribution in [2.24, 2.45) is 0 Å². The van der Waals surface area contributed by atoms with Gasteiger partial charge in [0.2, 0.25) is 0 Å². The SMILES string of the molecule is Cc1oc(-c2ccccc2)cc1CN(C)[C@H]1CC[C@H](c2ccc3[nH]c(=O)oc3c2)CC1. The number of hydrogen-bond acceptors (Lipinski definition) is 4. The molecule has 0 unspecified atom stereocenters. The lowest BCUT2D eigenvalue weighted by atomic mass is 9.81. The van der Waals surface area contributed by atoms with Gasteiger partial charge in [0, 0.05) is 23.7 Å². The van der Waals surface area contributed by atoms with Crippen LogP contribution in [0, 0.1) is 6.92 Å². The van der Waals surface area contributed by atoms with Crippen molar-refractivity contribution < 1.29 is 8.83 Å². The Balaban J connectivity index is 1.22. The molecular weight excluding hydrogens is 388 g/mol. The third kappa shape index (κ3) is 4.10. The second kappa shape index (κ2) is 8.23. The Morgan fingerprint density at radius 2 is 1.77 bits per heavy atom. The van der Waals surface area contributed by atoms with Crippen molar-refractivity contribution in [1.29, 1.82) is 0 Å². The molecule has 4 aromatic rings. The number of aromatic nitrogens is 1. The molecule has 1 fully saturated rings. The summed E-state index contributed by atoms with van der Waals surface area (Å²) in [5, 5.41) is 0. The summed E-state index contributed by atoms with van der Waals surface area (Å²) in [5.74, 6) is 2.08. The van der Waals surface area contributed by atoms with Crippen LogP contribution in [0.5, 0.6) is 0 Å². The quantitative estimate of drug-likeness (QED) is 0.443. The molecular formula is C26H28N2O3. The van der Waals surface area contributed by atoms with E-state index in [-0.39, 0.29) is 5.76 Å². The Kier molecular flexibility index (Phi) is 5.28. The molecule has 31 heavy (non-hydrogen) atoms. The molecule has 1 saturated carbocycles. The van der Waals surface area contributed by atoms with Crippen LogP contribution in [0.1, 0.15) is 48.5 Å². The van der Waals surface area contributed by atoms with E-state index in [4.69, 9.17) is 8.83 Å². The number of aryl methyl sites for hydroxylation is 1. The highest BCUT2D eigenvalue weighted by atomic mass is 16.4. The molecule has 2 aromatic heterocycles. The van der Waals surface area contributed by atoms with Gasteiger partial charge in [0.05, 0.1) is 5.52 Å². The number of benzene rings is 2. The number of nitrogens with zero attached hydrogens (tertiary/aromatic N) is 1. The lowest BCUT2D eigenvalue weighted by Crippen LogP contribution is -2.34. The Morgan fingerprint density at radius 3 is 2.55 bits per heavy atom. The van der Waals surface area contributed by atoms with Crippen molar-refractivity contribution in [3.8, 4) is 11.3 Å². The van der Waals surface area contributed by atoms with Crippen LogP contribution >= 0.6 is 0 Å². The van der Waals surface area contributed by atoms with E-state index < -0.39 is 0 Å². The first kappa shape index (κ1) is 19.9. The molecule has 5 rings (SSSR count). The number of furan rings is 1. The molecule has 160 valence electrons. The number of fused-ring (bicyclic) bond motifs is 1. The number of hydrogen-bond donors (Lipinski definition) is 1. The molecule has 0 radical (unpaired) electrons. The molecule has 0 bridgehead atoms. The largest absolute Gasteiger partial charge is 0.461 e. The summed E-state index contributed by atoms with van der Waals surface area (Å²) in [6.07, 6.45) is 4.63. The van der Waals surface area contributed by atoms with Gasteiger partial charge in [-0.15, -0.1) is 0 Å². The first-order valence-electron chi connectivity index (χ1n) is 11.0. The second-order valence-corrected chi connectivity index (χ2v) is 8.75. The first-order valence-corrected chi connectivity index (χ1v) is 11.0. The molecule has 0 spiro atoms. The third-order valence-corrected chi connectivity index (χ3v) is 6.74. The number of aromatic amines is 1. The molecule has 5 heteroatoms. The van der Waals surface area contributed by atoms with Gasteiger partial charge in [0.15, 0.2) is 5.58 Å². The maximum Gasteiger partial charge on any atom is 0.417 e. The number of nitrogens with one attached hydrogen (secondary N) is 1. The van der Waals surface area contributed by atoms with Gasteiger partial charge < -0.3 is 8.83 Å². The van der Waals surface area contributed by atoms with E-state index in [0.29, 0.717) is 17.5 Å². The van der Waals surface area contributed by atoms with Gasteiger partial charge in [-0.3, -0.25) is 9.88 Å². The van der Waals surface area contributed by atoms with Crippen molar-refractivity contribution in [3.63, 3.8) is 0 Å². The molecule has 2 heterocycles. The van der Waals surface area contributed by atoms with Crippen LogP contribution in [-0.4, -0.2) is 23.0 Å². The van der Waals surface area contributed by atoms with E-state index in [2.05, 4.69) is 48.1 Å². The van der Waals surface area contributed by atoms with E-state index in [1.807, 2.05) is 30.3 Å². The Labute approximate surface area is 181 Å². The second-order valence-electron chi connectivity index (χ2n) is 8.75. The minimum atomic E-state index is -0.387. The summed E-state index contributed by atoms with van der Waals surface area (Å²) in [4.78, 5) is 16.6. The maximum absolute atomic E-state index is 11.4. The molecule has 0 aliphatic heterocycles. The predicted molar refractivity (Wildman–Crippen MR) is 122 cm³/mol. The van der Waals surface area contributed by atoms with Gasteiger partial charge in [0.25, 0.3) is 0 Å². The fraction of sp³-hybridized carbons (Fsp3) is 0.346. The van der Waals surface area contributed by atoms with Gasteiger partial charge in [-0.25, -0.2) is 4.79 Å². The summed E-state index contributed by atoms with van der Waals surface area (Å²) in [6.45, 7) is 2.96. The smallest absolute Gasteiger partial charge is 0.417 e. The molecule has 1 aliphatic carbocycles. The lowest BCUT2D eigenvalue weighted by Gasteiger charge is -2.34. The number of H-pyrrole nitrogens is 1. The zero-order valence-electron chi connectivity index (χ0n) is 18.1. The molecule has 0 amide bonds. The summed E-state index contributed by atoms with van der Waals surface area (Å²) in [5.41, 5.74) is 5.08. The third-order valence-electron chi connectivity index (χ3n) is 6.74. The highest BCUT2D eigenvalue weighted by Crippen LogP contribution is 2.36. The molecule has 1 N–H and O–H groups in total. The normalized spacial score (nSPS) is 19.3.